The van der Waals surface area contributed by atoms with Gasteiger partial charge in [0.2, 0.25) is 0 Å². The van der Waals surface area contributed by atoms with E-state index in [4.69, 9.17) is 0 Å². The monoisotopic (exact) mass is 341 g/mol. The molecule has 0 aromatic carbocycles. The topological polar surface area (TPSA) is 54.5 Å². The maximum absolute atomic E-state index is 12.9. The summed E-state index contributed by atoms with van der Waals surface area (Å²) in [5.41, 5.74) is 1.32. The van der Waals surface area contributed by atoms with Gasteiger partial charge in [0.1, 0.15) is 0 Å². The summed E-state index contributed by atoms with van der Waals surface area (Å²) in [6, 6.07) is 1.90. The van der Waals surface area contributed by atoms with E-state index in [9.17, 15) is 13.2 Å². The van der Waals surface area contributed by atoms with E-state index in [0.29, 0.717) is 13.0 Å². The van der Waals surface area contributed by atoms with Gasteiger partial charge in [-0.05, 0) is 43.7 Å². The Labute approximate surface area is 136 Å². The molecule has 1 aromatic rings. The van der Waals surface area contributed by atoms with Crippen LogP contribution in [0.2, 0.25) is 0 Å². The molecule has 0 saturated carbocycles. The summed E-state index contributed by atoms with van der Waals surface area (Å²) in [7, 11) is -2.97. The molecule has 1 atom stereocenters. The van der Waals surface area contributed by atoms with Gasteiger partial charge in [0.25, 0.3) is 5.91 Å². The van der Waals surface area contributed by atoms with Gasteiger partial charge < -0.3 is 4.90 Å². The minimum Gasteiger partial charge on any atom is -0.334 e. The van der Waals surface area contributed by atoms with E-state index in [0.717, 1.165) is 30.6 Å². The third-order valence-electron chi connectivity index (χ3n) is 4.62. The predicted octanol–water partition coefficient (Wildman–Crippen LogP) is 2.67. The Morgan fingerprint density at radius 1 is 1.41 bits per heavy atom. The second-order valence-electron chi connectivity index (χ2n) is 6.32. The maximum Gasteiger partial charge on any atom is 0.264 e. The summed E-state index contributed by atoms with van der Waals surface area (Å²) >= 11 is 1.61. The highest BCUT2D eigenvalue weighted by atomic mass is 32.2. The molecule has 22 heavy (non-hydrogen) atoms. The van der Waals surface area contributed by atoms with E-state index in [2.05, 4.69) is 6.92 Å². The summed E-state index contributed by atoms with van der Waals surface area (Å²) in [6.07, 6.45) is 5.86. The van der Waals surface area contributed by atoms with Gasteiger partial charge in [0.15, 0.2) is 9.84 Å². The number of rotatable bonds is 5. The molecule has 1 amide bonds. The average molecular weight is 341 g/mol. The van der Waals surface area contributed by atoms with E-state index < -0.39 is 9.84 Å². The van der Waals surface area contributed by atoms with Crippen molar-refractivity contribution >= 4 is 27.1 Å². The first kappa shape index (κ1) is 16.0. The lowest BCUT2D eigenvalue weighted by atomic mass is 10.1. The lowest BCUT2D eigenvalue weighted by Gasteiger charge is -2.27. The number of hydrogen-bond donors (Lipinski definition) is 0. The molecule has 2 heterocycles. The van der Waals surface area contributed by atoms with Crippen LogP contribution in [0.3, 0.4) is 0 Å². The van der Waals surface area contributed by atoms with Gasteiger partial charge in [-0.2, -0.15) is 0 Å². The van der Waals surface area contributed by atoms with Crippen LogP contribution in [-0.2, 0) is 22.7 Å². The van der Waals surface area contributed by atoms with E-state index >= 15 is 0 Å². The first-order valence-electron chi connectivity index (χ1n) is 8.13. The van der Waals surface area contributed by atoms with Gasteiger partial charge in [-0.25, -0.2) is 8.42 Å². The first-order valence-corrected chi connectivity index (χ1v) is 10.8. The molecule has 0 spiro atoms. The molecule has 1 aromatic heterocycles. The zero-order chi connectivity index (χ0) is 15.7. The van der Waals surface area contributed by atoms with Crippen LogP contribution in [0.5, 0.6) is 0 Å². The zero-order valence-electron chi connectivity index (χ0n) is 13.0. The summed E-state index contributed by atoms with van der Waals surface area (Å²) in [5.74, 6) is 0.386. The average Bonchev–Trinajstić information content (AvgIpc) is 3.13. The summed E-state index contributed by atoms with van der Waals surface area (Å²) in [5, 5.41) is 0. The summed E-state index contributed by atoms with van der Waals surface area (Å²) in [6.45, 7) is 2.76. The number of carbonyl (C=O) groups is 1. The quantitative estimate of drug-likeness (QED) is 0.827. The lowest BCUT2D eigenvalue weighted by Crippen LogP contribution is -2.41. The molecule has 6 heteroatoms. The molecule has 1 aliphatic carbocycles. The van der Waals surface area contributed by atoms with E-state index in [1.165, 1.54) is 16.9 Å². The van der Waals surface area contributed by atoms with Crippen LogP contribution in [0.25, 0.3) is 0 Å². The van der Waals surface area contributed by atoms with Crippen LogP contribution < -0.4 is 0 Å². The third kappa shape index (κ3) is 3.23. The zero-order valence-corrected chi connectivity index (χ0v) is 14.6. The Bertz CT molecular complexity index is 641. The Morgan fingerprint density at radius 2 is 2.23 bits per heavy atom. The second kappa shape index (κ2) is 6.32. The van der Waals surface area contributed by atoms with Crippen LogP contribution in [0.4, 0.5) is 0 Å². The van der Waals surface area contributed by atoms with Crippen LogP contribution in [0.15, 0.2) is 6.07 Å². The molecule has 2 aliphatic rings. The number of unbranched alkanes of at least 4 members (excludes halogenated alkanes) is 1. The molecule has 0 N–H and O–H groups in total. The van der Waals surface area contributed by atoms with Crippen molar-refractivity contribution in [1.29, 1.82) is 0 Å². The van der Waals surface area contributed by atoms with Crippen molar-refractivity contribution in [3.05, 3.63) is 21.4 Å². The highest BCUT2D eigenvalue weighted by molar-refractivity contribution is 7.91. The Morgan fingerprint density at radius 3 is 2.86 bits per heavy atom. The standard InChI is InChI=1S/C16H23NO3S2/c1-2-3-8-17(13-7-9-22(19,20)11-13)16(18)15-10-12-5-4-6-14(12)21-15/h10,13H,2-9,11H2,1H3. The minimum absolute atomic E-state index is 0.0370. The molecule has 1 aliphatic heterocycles. The van der Waals surface area contributed by atoms with Crippen molar-refractivity contribution in [2.24, 2.45) is 0 Å². The highest BCUT2D eigenvalue weighted by Gasteiger charge is 2.35. The van der Waals surface area contributed by atoms with Crippen LogP contribution in [-0.4, -0.2) is 43.3 Å². The number of hydrogen-bond acceptors (Lipinski definition) is 4. The van der Waals surface area contributed by atoms with Crippen molar-refractivity contribution in [3.63, 3.8) is 0 Å². The number of fused-ring (bicyclic) bond motifs is 1. The van der Waals surface area contributed by atoms with Gasteiger partial charge in [0.05, 0.1) is 16.4 Å². The third-order valence-corrected chi connectivity index (χ3v) is 7.60. The number of amides is 1. The number of nitrogens with zero attached hydrogens (tertiary/aromatic N) is 1. The molecule has 1 fully saturated rings. The van der Waals surface area contributed by atoms with Gasteiger partial charge >= 0.3 is 0 Å². The summed E-state index contributed by atoms with van der Waals surface area (Å²) in [4.78, 5) is 16.9. The number of thiophene rings is 1. The van der Waals surface area contributed by atoms with Crippen molar-refractivity contribution < 1.29 is 13.2 Å². The molecular weight excluding hydrogens is 318 g/mol. The maximum atomic E-state index is 12.9. The summed E-state index contributed by atoms with van der Waals surface area (Å²) < 4.78 is 23.5. The fourth-order valence-corrected chi connectivity index (χ4v) is 6.32. The van der Waals surface area contributed by atoms with Gasteiger partial charge in [-0.15, -0.1) is 11.3 Å². The molecule has 1 unspecified atom stereocenters. The van der Waals surface area contributed by atoms with Crippen molar-refractivity contribution in [3.8, 4) is 0 Å². The normalized spacial score (nSPS) is 22.7. The van der Waals surface area contributed by atoms with Gasteiger partial charge in [0, 0.05) is 17.5 Å². The van der Waals surface area contributed by atoms with Crippen LogP contribution in [0, 0.1) is 0 Å². The van der Waals surface area contributed by atoms with Gasteiger partial charge in [-0.1, -0.05) is 13.3 Å². The van der Waals surface area contributed by atoms with E-state index in [-0.39, 0.29) is 23.5 Å². The number of carbonyl (C=O) groups excluding carboxylic acids is 1. The fourth-order valence-electron chi connectivity index (χ4n) is 3.38. The minimum atomic E-state index is -2.97. The highest BCUT2D eigenvalue weighted by Crippen LogP contribution is 2.32. The SMILES string of the molecule is CCCCN(C(=O)c1cc2c(s1)CCC2)C1CCS(=O)(=O)C1. The first-order chi connectivity index (χ1) is 10.5. The molecule has 0 radical (unpaired) electrons. The molecule has 4 nitrogen and oxygen atoms in total. The van der Waals surface area contributed by atoms with Crippen molar-refractivity contribution in [2.45, 2.75) is 51.5 Å². The number of sulfone groups is 1. The second-order valence-corrected chi connectivity index (χ2v) is 9.69. The Balaban J connectivity index is 1.80. The van der Waals surface area contributed by atoms with Gasteiger partial charge in [-0.3, -0.25) is 4.79 Å². The van der Waals surface area contributed by atoms with Crippen molar-refractivity contribution in [2.75, 3.05) is 18.1 Å². The molecule has 3 rings (SSSR count). The van der Waals surface area contributed by atoms with Crippen LogP contribution >= 0.6 is 11.3 Å². The fraction of sp³-hybridized carbons (Fsp3) is 0.688. The Kier molecular flexibility index (Phi) is 4.59. The Hall–Kier alpha value is -0.880. The molecular formula is C16H23NO3S2. The molecule has 1 saturated heterocycles. The van der Waals surface area contributed by atoms with Crippen molar-refractivity contribution in [1.82, 2.24) is 4.90 Å². The predicted molar refractivity (Wildman–Crippen MR) is 89.3 cm³/mol. The largest absolute Gasteiger partial charge is 0.334 e. The molecule has 0 bridgehead atoms. The smallest absolute Gasteiger partial charge is 0.264 e. The van der Waals surface area contributed by atoms with E-state index in [1.54, 1.807) is 11.3 Å². The molecule has 122 valence electrons. The lowest BCUT2D eigenvalue weighted by molar-refractivity contribution is 0.0699. The van der Waals surface area contributed by atoms with E-state index in [1.807, 2.05) is 11.0 Å². The van der Waals surface area contributed by atoms with Crippen LogP contribution in [0.1, 0.15) is 52.7 Å². The number of aryl methyl sites for hydroxylation is 2.